The van der Waals surface area contributed by atoms with Gasteiger partial charge in [0.15, 0.2) is 0 Å². The zero-order chi connectivity index (χ0) is 20.6. The number of aliphatic hydroxyl groups is 2. The first-order valence-electron chi connectivity index (χ1n) is 10.4. The van der Waals surface area contributed by atoms with Crippen LogP contribution in [0.2, 0.25) is 0 Å². The number of hydrogen-bond donors (Lipinski definition) is 3. The third-order valence-corrected chi connectivity index (χ3v) is 6.51. The minimum absolute atomic E-state index is 0.0189. The summed E-state index contributed by atoms with van der Waals surface area (Å²) in [6.45, 7) is 2.74. The van der Waals surface area contributed by atoms with Crippen molar-refractivity contribution in [3.8, 4) is 11.1 Å². The molecule has 1 unspecified atom stereocenters. The lowest BCUT2D eigenvalue weighted by Crippen LogP contribution is -2.13. The number of carbonyl (C=O) groups excluding carboxylic acids is 1. The van der Waals surface area contributed by atoms with E-state index in [1.165, 1.54) is 5.56 Å². The molecule has 5 heteroatoms. The van der Waals surface area contributed by atoms with E-state index in [1.54, 1.807) is 6.92 Å². The molecule has 150 valence electrons. The molecule has 0 bridgehead atoms. The maximum Gasteiger partial charge on any atom is 0.252 e. The van der Waals surface area contributed by atoms with E-state index in [2.05, 4.69) is 22.0 Å². The molecule has 4 aromatic rings. The molecule has 1 atom stereocenters. The number of hydrogen-bond acceptors (Lipinski definition) is 3. The number of amides is 1. The predicted molar refractivity (Wildman–Crippen MR) is 116 cm³/mol. The van der Waals surface area contributed by atoms with Crippen LogP contribution < -0.4 is 5.32 Å². The van der Waals surface area contributed by atoms with Gasteiger partial charge in [-0.2, -0.15) is 0 Å². The molecule has 2 aliphatic rings. The molecule has 3 N–H and O–H groups in total. The zero-order valence-corrected chi connectivity index (χ0v) is 16.7. The summed E-state index contributed by atoms with van der Waals surface area (Å²) in [6, 6.07) is 14.3. The predicted octanol–water partition coefficient (Wildman–Crippen LogP) is 3.48. The Bertz CT molecular complexity index is 1380. The number of nitrogens with zero attached hydrogens (tertiary/aromatic N) is 1. The van der Waals surface area contributed by atoms with Gasteiger partial charge in [0.1, 0.15) is 0 Å². The van der Waals surface area contributed by atoms with Crippen LogP contribution in [0.25, 0.3) is 32.9 Å². The summed E-state index contributed by atoms with van der Waals surface area (Å²) in [6.07, 6.45) is 0.264. The van der Waals surface area contributed by atoms with Crippen LogP contribution in [0.4, 0.5) is 0 Å². The minimum Gasteiger partial charge on any atom is -0.392 e. The summed E-state index contributed by atoms with van der Waals surface area (Å²) in [5, 5.41) is 25.1. The Kier molecular flexibility index (Phi) is 3.64. The quantitative estimate of drug-likeness (QED) is 0.436. The van der Waals surface area contributed by atoms with Crippen molar-refractivity contribution in [2.75, 3.05) is 0 Å². The molecule has 6 rings (SSSR count). The average Bonchev–Trinajstić information content (AvgIpc) is 3.39. The Hall–Kier alpha value is -3.15. The van der Waals surface area contributed by atoms with Crippen molar-refractivity contribution in [2.45, 2.75) is 39.1 Å². The first-order valence-corrected chi connectivity index (χ1v) is 10.4. The molecule has 0 saturated carbocycles. The van der Waals surface area contributed by atoms with E-state index >= 15 is 0 Å². The molecule has 1 amide bonds. The molecule has 30 heavy (non-hydrogen) atoms. The van der Waals surface area contributed by atoms with Crippen LogP contribution in [-0.2, 0) is 26.1 Å². The van der Waals surface area contributed by atoms with Gasteiger partial charge in [-0.15, -0.1) is 0 Å². The van der Waals surface area contributed by atoms with Crippen molar-refractivity contribution in [3.63, 3.8) is 0 Å². The summed E-state index contributed by atoms with van der Waals surface area (Å²) >= 11 is 0. The molecule has 5 nitrogen and oxygen atoms in total. The maximum atomic E-state index is 12.9. The first-order chi connectivity index (χ1) is 14.6. The zero-order valence-electron chi connectivity index (χ0n) is 16.7. The molecule has 0 fully saturated rings. The fourth-order valence-corrected chi connectivity index (χ4v) is 5.38. The van der Waals surface area contributed by atoms with Crippen molar-refractivity contribution >= 4 is 27.7 Å². The van der Waals surface area contributed by atoms with E-state index in [-0.39, 0.29) is 12.5 Å². The average molecular weight is 398 g/mol. The minimum atomic E-state index is -0.506. The van der Waals surface area contributed by atoms with Crippen molar-refractivity contribution in [3.05, 3.63) is 70.3 Å². The van der Waals surface area contributed by atoms with E-state index in [0.717, 1.165) is 61.6 Å². The normalized spacial score (nSPS) is 15.4. The molecular weight excluding hydrogens is 376 g/mol. The van der Waals surface area contributed by atoms with Crippen LogP contribution in [0.15, 0.2) is 42.5 Å². The number of aliphatic hydroxyl groups excluding tert-OH is 2. The van der Waals surface area contributed by atoms with E-state index < -0.39 is 6.10 Å². The van der Waals surface area contributed by atoms with Gasteiger partial charge in [-0.1, -0.05) is 30.3 Å². The molecule has 1 aliphatic heterocycles. The van der Waals surface area contributed by atoms with E-state index in [0.29, 0.717) is 13.1 Å². The van der Waals surface area contributed by atoms with Crippen LogP contribution in [0, 0.1) is 0 Å². The Morgan fingerprint density at radius 2 is 1.97 bits per heavy atom. The monoisotopic (exact) mass is 398 g/mol. The molecule has 2 heterocycles. The van der Waals surface area contributed by atoms with Crippen molar-refractivity contribution < 1.29 is 15.0 Å². The smallest absolute Gasteiger partial charge is 0.252 e. The van der Waals surface area contributed by atoms with Crippen molar-refractivity contribution in [1.29, 1.82) is 0 Å². The highest BCUT2D eigenvalue weighted by Gasteiger charge is 2.35. The highest BCUT2D eigenvalue weighted by molar-refractivity contribution is 6.20. The van der Waals surface area contributed by atoms with E-state index in [4.69, 9.17) is 0 Å². The first kappa shape index (κ1) is 17.7. The summed E-state index contributed by atoms with van der Waals surface area (Å²) in [4.78, 5) is 12.9. The standard InChI is InChI=1S/C25H22N2O3/c1-13(29)11-27-20-7-6-14(12-28)8-17(20)22-19-10-26-25(30)23(19)21-16-5-3-2-4-15(16)9-18(21)24(22)27/h2-8,13,28-29H,9-12H2,1H3,(H,26,30). The van der Waals surface area contributed by atoms with Gasteiger partial charge in [-0.3, -0.25) is 4.79 Å². The van der Waals surface area contributed by atoms with Crippen LogP contribution in [-0.4, -0.2) is 26.8 Å². The van der Waals surface area contributed by atoms with Gasteiger partial charge in [0.25, 0.3) is 5.91 Å². The highest BCUT2D eigenvalue weighted by Crippen LogP contribution is 2.48. The molecule has 0 saturated heterocycles. The summed E-state index contributed by atoms with van der Waals surface area (Å²) < 4.78 is 2.20. The number of aromatic nitrogens is 1. The van der Waals surface area contributed by atoms with Gasteiger partial charge in [-0.05, 0) is 46.9 Å². The SMILES string of the molecule is CC(O)Cn1c2ccc(CO)cc2c2c3c(c4c(c21)Cc1ccccc1-4)C(=O)NC3. The lowest BCUT2D eigenvalue weighted by atomic mass is 9.92. The number of fused-ring (bicyclic) bond motifs is 10. The molecule has 3 aromatic carbocycles. The van der Waals surface area contributed by atoms with Gasteiger partial charge in [0, 0.05) is 41.4 Å². The van der Waals surface area contributed by atoms with Gasteiger partial charge in [-0.25, -0.2) is 0 Å². The molecule has 1 aromatic heterocycles. The number of carbonyl (C=O) groups is 1. The van der Waals surface area contributed by atoms with Crippen molar-refractivity contribution in [1.82, 2.24) is 9.88 Å². The maximum absolute atomic E-state index is 12.9. The Morgan fingerprint density at radius 1 is 1.13 bits per heavy atom. The molecule has 1 aliphatic carbocycles. The molecular formula is C25H22N2O3. The number of benzene rings is 3. The Labute approximate surface area is 173 Å². The van der Waals surface area contributed by atoms with Gasteiger partial charge in [0.05, 0.1) is 23.8 Å². The third-order valence-electron chi connectivity index (χ3n) is 6.51. The summed E-state index contributed by atoms with van der Waals surface area (Å²) in [5.74, 6) is -0.0189. The van der Waals surface area contributed by atoms with Crippen LogP contribution in [0.5, 0.6) is 0 Å². The second kappa shape index (κ2) is 6.17. The van der Waals surface area contributed by atoms with Gasteiger partial charge in [0.2, 0.25) is 0 Å². The Morgan fingerprint density at radius 3 is 2.77 bits per heavy atom. The topological polar surface area (TPSA) is 74.5 Å². The highest BCUT2D eigenvalue weighted by atomic mass is 16.3. The van der Waals surface area contributed by atoms with Crippen LogP contribution in [0.1, 0.15) is 39.5 Å². The second-order valence-corrected chi connectivity index (χ2v) is 8.42. The van der Waals surface area contributed by atoms with Crippen LogP contribution in [0.3, 0.4) is 0 Å². The number of rotatable bonds is 3. The van der Waals surface area contributed by atoms with Crippen LogP contribution >= 0.6 is 0 Å². The summed E-state index contributed by atoms with van der Waals surface area (Å²) in [5.41, 5.74) is 9.33. The Balaban J connectivity index is 1.84. The summed E-state index contributed by atoms with van der Waals surface area (Å²) in [7, 11) is 0. The molecule has 0 spiro atoms. The lowest BCUT2D eigenvalue weighted by molar-refractivity contribution is 0.0966. The van der Waals surface area contributed by atoms with Gasteiger partial charge < -0.3 is 20.1 Å². The van der Waals surface area contributed by atoms with Gasteiger partial charge >= 0.3 is 0 Å². The molecule has 0 radical (unpaired) electrons. The number of nitrogens with one attached hydrogen (secondary N) is 1. The second-order valence-electron chi connectivity index (χ2n) is 8.42. The fourth-order valence-electron chi connectivity index (χ4n) is 5.38. The van der Waals surface area contributed by atoms with Crippen molar-refractivity contribution in [2.24, 2.45) is 0 Å². The largest absolute Gasteiger partial charge is 0.392 e. The third kappa shape index (κ3) is 2.22. The van der Waals surface area contributed by atoms with E-state index in [9.17, 15) is 15.0 Å². The lowest BCUT2D eigenvalue weighted by Gasteiger charge is -2.14. The van der Waals surface area contributed by atoms with E-state index in [1.807, 2.05) is 30.3 Å². The fraction of sp³-hybridized carbons (Fsp3) is 0.240.